The van der Waals surface area contributed by atoms with Gasteiger partial charge in [-0.05, 0) is 47.0 Å². The number of aromatic carboxylic acids is 1. The molecule has 0 aliphatic carbocycles. The summed E-state index contributed by atoms with van der Waals surface area (Å²) in [6.45, 7) is 0.540. The Morgan fingerprint density at radius 2 is 2.10 bits per heavy atom. The molecule has 1 aromatic carbocycles. The Bertz CT molecular complexity index is 538. The maximum absolute atomic E-state index is 11.6. The Kier molecular flexibility index (Phi) is 6.60. The van der Waals surface area contributed by atoms with Gasteiger partial charge in [0, 0.05) is 17.4 Å². The minimum Gasteiger partial charge on any atom is -0.478 e. The third-order valence-corrected chi connectivity index (χ3v) is 3.15. The number of hydrogen-bond acceptors (Lipinski definition) is 2. The van der Waals surface area contributed by atoms with E-state index >= 15 is 0 Å². The van der Waals surface area contributed by atoms with Crippen LogP contribution >= 0.6 is 15.9 Å². The summed E-state index contributed by atoms with van der Waals surface area (Å²) in [4.78, 5) is 22.4. The van der Waals surface area contributed by atoms with Crippen molar-refractivity contribution in [3.8, 4) is 12.3 Å². The van der Waals surface area contributed by atoms with Crippen molar-refractivity contribution in [2.24, 2.45) is 0 Å². The number of anilines is 1. The lowest BCUT2D eigenvalue weighted by Crippen LogP contribution is -2.29. The number of amides is 2. The molecule has 0 bridgehead atoms. The second kappa shape index (κ2) is 8.23. The third kappa shape index (κ3) is 5.33. The minimum atomic E-state index is -1.02. The van der Waals surface area contributed by atoms with Crippen LogP contribution in [0.25, 0.3) is 0 Å². The van der Waals surface area contributed by atoms with Gasteiger partial charge in [0.25, 0.3) is 0 Å². The lowest BCUT2D eigenvalue weighted by Gasteiger charge is -2.09. The van der Waals surface area contributed by atoms with Crippen molar-refractivity contribution in [1.29, 1.82) is 0 Å². The summed E-state index contributed by atoms with van der Waals surface area (Å²) in [6.07, 6.45) is 7.51. The van der Waals surface area contributed by atoms with E-state index in [4.69, 9.17) is 11.5 Å². The van der Waals surface area contributed by atoms with Gasteiger partial charge < -0.3 is 15.7 Å². The molecule has 20 heavy (non-hydrogen) atoms. The molecule has 0 atom stereocenters. The molecule has 0 heterocycles. The summed E-state index contributed by atoms with van der Waals surface area (Å²) in [7, 11) is 0. The van der Waals surface area contributed by atoms with Gasteiger partial charge in [0.05, 0.1) is 11.3 Å². The fourth-order valence-electron chi connectivity index (χ4n) is 1.47. The topological polar surface area (TPSA) is 78.4 Å². The van der Waals surface area contributed by atoms with Crippen molar-refractivity contribution in [3.63, 3.8) is 0 Å². The van der Waals surface area contributed by atoms with Gasteiger partial charge in [0.15, 0.2) is 0 Å². The van der Waals surface area contributed by atoms with Crippen LogP contribution in [0.15, 0.2) is 22.7 Å². The molecule has 6 heteroatoms. The molecule has 106 valence electrons. The van der Waals surface area contributed by atoms with E-state index in [2.05, 4.69) is 32.5 Å². The first-order valence-electron chi connectivity index (χ1n) is 6.05. The smallest absolute Gasteiger partial charge is 0.335 e. The number of unbranched alkanes of at least 4 members (excludes halogenated alkanes) is 2. The molecule has 0 aliphatic rings. The molecule has 5 nitrogen and oxygen atoms in total. The van der Waals surface area contributed by atoms with Crippen molar-refractivity contribution >= 4 is 33.6 Å². The SMILES string of the molecule is C#CCCCCNC(=O)Nc1ccc(C(=O)O)cc1Br. The number of carbonyl (C=O) groups excluding carboxylic acids is 1. The molecule has 0 spiro atoms. The van der Waals surface area contributed by atoms with Crippen LogP contribution in [0.1, 0.15) is 29.6 Å². The van der Waals surface area contributed by atoms with Crippen LogP contribution in [-0.4, -0.2) is 23.7 Å². The van der Waals surface area contributed by atoms with E-state index in [-0.39, 0.29) is 11.6 Å². The number of carboxylic acid groups (broad SMARTS) is 1. The molecule has 0 radical (unpaired) electrons. The summed E-state index contributed by atoms with van der Waals surface area (Å²) in [5.41, 5.74) is 0.660. The molecule has 0 aromatic heterocycles. The zero-order valence-corrected chi connectivity index (χ0v) is 12.4. The summed E-state index contributed by atoms with van der Waals surface area (Å²) in [5.74, 6) is 1.52. The van der Waals surface area contributed by atoms with Gasteiger partial charge in [0.1, 0.15) is 0 Å². The van der Waals surface area contributed by atoms with Crippen molar-refractivity contribution < 1.29 is 14.7 Å². The van der Waals surface area contributed by atoms with Crippen LogP contribution in [-0.2, 0) is 0 Å². The molecule has 0 aliphatic heterocycles. The van der Waals surface area contributed by atoms with Crippen LogP contribution in [0.5, 0.6) is 0 Å². The molecule has 0 saturated heterocycles. The molecule has 1 aromatic rings. The van der Waals surface area contributed by atoms with Gasteiger partial charge in [-0.3, -0.25) is 0 Å². The number of hydrogen-bond donors (Lipinski definition) is 3. The van der Waals surface area contributed by atoms with Crippen molar-refractivity contribution in [1.82, 2.24) is 5.32 Å². The average Bonchev–Trinajstić information content (AvgIpc) is 2.40. The quantitative estimate of drug-likeness (QED) is 0.551. The van der Waals surface area contributed by atoms with E-state index in [0.717, 1.165) is 12.8 Å². The van der Waals surface area contributed by atoms with E-state index in [0.29, 0.717) is 23.1 Å². The molecule has 2 amide bonds. The van der Waals surface area contributed by atoms with Gasteiger partial charge in [-0.25, -0.2) is 9.59 Å². The van der Waals surface area contributed by atoms with Crippen LogP contribution in [0, 0.1) is 12.3 Å². The number of urea groups is 1. The highest BCUT2D eigenvalue weighted by molar-refractivity contribution is 9.10. The van der Waals surface area contributed by atoms with E-state index < -0.39 is 5.97 Å². The lowest BCUT2D eigenvalue weighted by atomic mass is 10.2. The minimum absolute atomic E-state index is 0.150. The predicted molar refractivity (Wildman–Crippen MR) is 80.8 cm³/mol. The van der Waals surface area contributed by atoms with Gasteiger partial charge in [-0.15, -0.1) is 12.3 Å². The van der Waals surface area contributed by atoms with E-state index in [1.807, 2.05) is 0 Å². The van der Waals surface area contributed by atoms with E-state index in [9.17, 15) is 9.59 Å². The predicted octanol–water partition coefficient (Wildman–Crippen LogP) is 3.07. The van der Waals surface area contributed by atoms with Crippen molar-refractivity contribution in [2.75, 3.05) is 11.9 Å². The monoisotopic (exact) mass is 338 g/mol. The zero-order chi connectivity index (χ0) is 15.0. The standard InChI is InChI=1S/C14H15BrN2O3/c1-2-3-4-5-8-16-14(20)17-12-7-6-10(13(18)19)9-11(12)15/h1,6-7,9H,3-5,8H2,(H,18,19)(H2,16,17,20). The Hall–Kier alpha value is -2.00. The molecule has 1 rings (SSSR count). The highest BCUT2D eigenvalue weighted by Crippen LogP contribution is 2.23. The Balaban J connectivity index is 2.46. The molecule has 3 N–H and O–H groups in total. The number of terminal acetylenes is 1. The zero-order valence-electron chi connectivity index (χ0n) is 10.8. The van der Waals surface area contributed by atoms with E-state index in [1.165, 1.54) is 18.2 Å². The van der Waals surface area contributed by atoms with Crippen molar-refractivity contribution in [3.05, 3.63) is 28.2 Å². The molecular weight excluding hydrogens is 324 g/mol. The first-order valence-corrected chi connectivity index (χ1v) is 6.85. The summed E-state index contributed by atoms with van der Waals surface area (Å²) in [5, 5.41) is 14.2. The van der Waals surface area contributed by atoms with Crippen LogP contribution < -0.4 is 10.6 Å². The Labute approximate surface area is 125 Å². The normalized spacial score (nSPS) is 9.60. The van der Waals surface area contributed by atoms with E-state index in [1.54, 1.807) is 0 Å². The maximum Gasteiger partial charge on any atom is 0.335 e. The first kappa shape index (κ1) is 16.1. The van der Waals surface area contributed by atoms with Crippen LogP contribution in [0.4, 0.5) is 10.5 Å². The number of carboxylic acids is 1. The summed E-state index contributed by atoms with van der Waals surface area (Å²) in [6, 6.07) is 4.06. The summed E-state index contributed by atoms with van der Waals surface area (Å²) < 4.78 is 0.514. The lowest BCUT2D eigenvalue weighted by molar-refractivity contribution is 0.0697. The average molecular weight is 339 g/mol. The van der Waals surface area contributed by atoms with Gasteiger partial charge >= 0.3 is 12.0 Å². The second-order valence-corrected chi connectivity index (χ2v) is 4.90. The van der Waals surface area contributed by atoms with Gasteiger partial charge in [-0.1, -0.05) is 0 Å². The number of benzene rings is 1. The van der Waals surface area contributed by atoms with Gasteiger partial charge in [0.2, 0.25) is 0 Å². The van der Waals surface area contributed by atoms with Gasteiger partial charge in [-0.2, -0.15) is 0 Å². The molecule has 0 saturated carbocycles. The first-order chi connectivity index (χ1) is 9.54. The summed E-state index contributed by atoms with van der Waals surface area (Å²) >= 11 is 3.22. The third-order valence-electron chi connectivity index (χ3n) is 2.50. The molecular formula is C14H15BrN2O3. The number of rotatable bonds is 6. The van der Waals surface area contributed by atoms with Crippen molar-refractivity contribution in [2.45, 2.75) is 19.3 Å². The molecule has 0 unspecified atom stereocenters. The second-order valence-electron chi connectivity index (χ2n) is 4.04. The van der Waals surface area contributed by atoms with Crippen LogP contribution in [0.3, 0.4) is 0 Å². The Morgan fingerprint density at radius 1 is 1.35 bits per heavy atom. The highest BCUT2D eigenvalue weighted by Gasteiger charge is 2.08. The highest BCUT2D eigenvalue weighted by atomic mass is 79.9. The fraction of sp³-hybridized carbons (Fsp3) is 0.286. The van der Waals surface area contributed by atoms with Crippen LogP contribution in [0.2, 0.25) is 0 Å². The number of carbonyl (C=O) groups is 2. The maximum atomic E-state index is 11.6. The number of nitrogens with one attached hydrogen (secondary N) is 2. The Morgan fingerprint density at radius 3 is 2.70 bits per heavy atom. The fourth-order valence-corrected chi connectivity index (χ4v) is 1.95. The molecule has 0 fully saturated rings. The largest absolute Gasteiger partial charge is 0.478 e. The number of halogens is 1.